The Hall–Kier alpha value is -2.35. The summed E-state index contributed by atoms with van der Waals surface area (Å²) in [5.74, 6) is 2.53. The molecule has 0 aromatic carbocycles. The van der Waals surface area contributed by atoms with Crippen molar-refractivity contribution in [2.24, 2.45) is 0 Å². The summed E-state index contributed by atoms with van der Waals surface area (Å²) in [5, 5.41) is 3.28. The lowest BCUT2D eigenvalue weighted by Gasteiger charge is -2.37. The van der Waals surface area contributed by atoms with E-state index in [1.54, 1.807) is 18.0 Å². The highest BCUT2D eigenvalue weighted by Crippen LogP contribution is 2.16. The molecule has 1 saturated heterocycles. The van der Waals surface area contributed by atoms with Gasteiger partial charge in [0.25, 0.3) is 0 Å². The lowest BCUT2D eigenvalue weighted by molar-refractivity contribution is -0.132. The molecule has 0 saturated carbocycles. The fraction of sp³-hybridized carbons (Fsp3) is 0.500. The van der Waals surface area contributed by atoms with E-state index in [0.29, 0.717) is 19.0 Å². The van der Waals surface area contributed by atoms with Crippen molar-refractivity contribution in [2.75, 3.05) is 48.4 Å². The number of thioether (sulfide) groups is 1. The molecule has 0 spiro atoms. The minimum absolute atomic E-state index is 0.123. The van der Waals surface area contributed by atoms with Crippen LogP contribution in [0.3, 0.4) is 0 Å². The molecule has 0 radical (unpaired) electrons. The van der Waals surface area contributed by atoms with E-state index in [1.807, 2.05) is 43.0 Å². The Morgan fingerprint density at radius 2 is 1.89 bits per heavy atom. The van der Waals surface area contributed by atoms with Gasteiger partial charge in [0.15, 0.2) is 0 Å². The zero-order valence-electron chi connectivity index (χ0n) is 16.8. The average Bonchev–Trinajstić information content (AvgIpc) is 2.70. The summed E-state index contributed by atoms with van der Waals surface area (Å²) in [6.45, 7) is 6.85. The lowest BCUT2D eigenvalue weighted by Crippen LogP contribution is -2.53. The third-order valence-electron chi connectivity index (χ3n) is 4.76. The highest BCUT2D eigenvalue weighted by molar-refractivity contribution is 7.98. The highest BCUT2D eigenvalue weighted by Gasteiger charge is 2.28. The molecular weight excluding hydrogens is 372 g/mol. The maximum Gasteiger partial charge on any atom is 0.245 e. The number of aryl methyl sites for hydroxylation is 2. The fourth-order valence-corrected chi connectivity index (χ4v) is 3.83. The molecule has 1 unspecified atom stereocenters. The van der Waals surface area contributed by atoms with Gasteiger partial charge in [-0.15, -0.1) is 0 Å². The summed E-state index contributed by atoms with van der Waals surface area (Å²) in [5.41, 5.74) is 1.80. The van der Waals surface area contributed by atoms with E-state index in [2.05, 4.69) is 31.4 Å². The molecule has 0 bridgehead atoms. The average molecular weight is 401 g/mol. The van der Waals surface area contributed by atoms with Crippen molar-refractivity contribution >= 4 is 29.4 Å². The zero-order valence-corrected chi connectivity index (χ0v) is 17.6. The van der Waals surface area contributed by atoms with Crippen LogP contribution in [-0.2, 0) is 4.79 Å². The third kappa shape index (κ3) is 5.34. The second-order valence-electron chi connectivity index (χ2n) is 6.95. The summed E-state index contributed by atoms with van der Waals surface area (Å²) in [7, 11) is 0. The van der Waals surface area contributed by atoms with Crippen LogP contribution in [0.25, 0.3) is 0 Å². The number of rotatable bonds is 7. The molecule has 1 aliphatic heterocycles. The third-order valence-corrected chi connectivity index (χ3v) is 5.40. The Bertz CT molecular complexity index is 759. The molecule has 3 heterocycles. The van der Waals surface area contributed by atoms with Crippen LogP contribution >= 0.6 is 11.8 Å². The molecular formula is C20H28N6OS. The predicted octanol–water partition coefficient (Wildman–Crippen LogP) is 2.37. The van der Waals surface area contributed by atoms with Gasteiger partial charge in [-0.05, 0) is 50.5 Å². The smallest absolute Gasteiger partial charge is 0.245 e. The van der Waals surface area contributed by atoms with Crippen LogP contribution in [0, 0.1) is 13.8 Å². The lowest BCUT2D eigenvalue weighted by atomic mass is 10.1. The van der Waals surface area contributed by atoms with Gasteiger partial charge in [-0.25, -0.2) is 15.0 Å². The van der Waals surface area contributed by atoms with E-state index in [0.717, 1.165) is 42.5 Å². The Labute approximate surface area is 171 Å². The van der Waals surface area contributed by atoms with Crippen molar-refractivity contribution in [1.82, 2.24) is 19.9 Å². The van der Waals surface area contributed by atoms with Gasteiger partial charge < -0.3 is 15.1 Å². The van der Waals surface area contributed by atoms with Gasteiger partial charge in [0.05, 0.1) is 0 Å². The Morgan fingerprint density at radius 1 is 1.18 bits per heavy atom. The van der Waals surface area contributed by atoms with Crippen LogP contribution in [0.5, 0.6) is 0 Å². The van der Waals surface area contributed by atoms with E-state index >= 15 is 0 Å². The van der Waals surface area contributed by atoms with Gasteiger partial charge in [-0.1, -0.05) is 6.07 Å². The van der Waals surface area contributed by atoms with Crippen LogP contribution in [0.1, 0.15) is 17.8 Å². The highest BCUT2D eigenvalue weighted by atomic mass is 32.2. The van der Waals surface area contributed by atoms with Crippen LogP contribution in [0.15, 0.2) is 30.5 Å². The van der Waals surface area contributed by atoms with Crippen molar-refractivity contribution in [3.05, 3.63) is 41.9 Å². The zero-order chi connectivity index (χ0) is 19.9. The number of hydrogen-bond acceptors (Lipinski definition) is 7. The minimum Gasteiger partial charge on any atom is -0.353 e. The molecule has 1 amide bonds. The molecule has 1 aliphatic rings. The second kappa shape index (κ2) is 9.73. The summed E-state index contributed by atoms with van der Waals surface area (Å²) in [6, 6.07) is 7.54. The van der Waals surface area contributed by atoms with E-state index in [9.17, 15) is 4.79 Å². The van der Waals surface area contributed by atoms with Crippen molar-refractivity contribution in [1.29, 1.82) is 0 Å². The number of nitrogens with one attached hydrogen (secondary N) is 1. The van der Waals surface area contributed by atoms with Crippen molar-refractivity contribution in [3.63, 3.8) is 0 Å². The Morgan fingerprint density at radius 3 is 2.50 bits per heavy atom. The number of amides is 1. The number of nitrogens with zero attached hydrogens (tertiary/aromatic N) is 5. The van der Waals surface area contributed by atoms with Crippen molar-refractivity contribution < 1.29 is 4.79 Å². The number of aromatic nitrogens is 3. The van der Waals surface area contributed by atoms with Gasteiger partial charge in [-0.3, -0.25) is 4.79 Å². The van der Waals surface area contributed by atoms with E-state index < -0.39 is 0 Å². The number of piperazine rings is 1. The number of hydrogen-bond donors (Lipinski definition) is 1. The number of anilines is 2. The largest absolute Gasteiger partial charge is 0.353 e. The molecule has 1 N–H and O–H groups in total. The maximum atomic E-state index is 13.2. The first-order chi connectivity index (χ1) is 13.6. The van der Waals surface area contributed by atoms with Crippen LogP contribution in [-0.4, -0.2) is 70.0 Å². The molecule has 3 rings (SSSR count). The predicted molar refractivity (Wildman–Crippen MR) is 115 cm³/mol. The molecule has 1 fully saturated rings. The van der Waals surface area contributed by atoms with Crippen LogP contribution in [0.2, 0.25) is 0 Å². The summed E-state index contributed by atoms with van der Waals surface area (Å²) < 4.78 is 0. The van der Waals surface area contributed by atoms with Gasteiger partial charge in [0, 0.05) is 43.8 Å². The standard InChI is InChI=1S/C20H28N6OS/c1-15-14-16(2)23-20(22-15)24-17(7-13-28-3)19(27)26-11-9-25(10-12-26)18-6-4-5-8-21-18/h4-6,8,14,17H,7,9-13H2,1-3H3,(H,22,23,24). The SMILES string of the molecule is CSCCC(Nc1nc(C)cc(C)n1)C(=O)N1CCN(c2ccccn2)CC1. The molecule has 0 aliphatic carbocycles. The number of carbonyl (C=O) groups is 1. The minimum atomic E-state index is -0.310. The molecule has 150 valence electrons. The normalized spacial score (nSPS) is 15.4. The van der Waals surface area contributed by atoms with Gasteiger partial charge >= 0.3 is 0 Å². The maximum absolute atomic E-state index is 13.2. The van der Waals surface area contributed by atoms with E-state index in [1.165, 1.54) is 0 Å². The molecule has 7 nitrogen and oxygen atoms in total. The first-order valence-corrected chi connectivity index (χ1v) is 11.0. The molecule has 8 heteroatoms. The molecule has 2 aromatic heterocycles. The van der Waals surface area contributed by atoms with Gasteiger partial charge in [0.2, 0.25) is 11.9 Å². The van der Waals surface area contributed by atoms with Crippen molar-refractivity contribution in [3.8, 4) is 0 Å². The summed E-state index contributed by atoms with van der Waals surface area (Å²) in [6.07, 6.45) is 4.61. The summed E-state index contributed by atoms with van der Waals surface area (Å²) in [4.78, 5) is 30.7. The number of pyridine rings is 1. The Balaban J connectivity index is 1.64. The molecule has 28 heavy (non-hydrogen) atoms. The summed E-state index contributed by atoms with van der Waals surface area (Å²) >= 11 is 1.74. The van der Waals surface area contributed by atoms with Gasteiger partial charge in [-0.2, -0.15) is 11.8 Å². The first-order valence-electron chi connectivity index (χ1n) is 9.59. The van der Waals surface area contributed by atoms with E-state index in [-0.39, 0.29) is 11.9 Å². The van der Waals surface area contributed by atoms with Crippen LogP contribution in [0.4, 0.5) is 11.8 Å². The van der Waals surface area contributed by atoms with E-state index in [4.69, 9.17) is 0 Å². The fourth-order valence-electron chi connectivity index (χ4n) is 3.36. The van der Waals surface area contributed by atoms with Crippen molar-refractivity contribution in [2.45, 2.75) is 26.3 Å². The van der Waals surface area contributed by atoms with Gasteiger partial charge in [0.1, 0.15) is 11.9 Å². The first kappa shape index (κ1) is 20.4. The topological polar surface area (TPSA) is 74.2 Å². The Kier molecular flexibility index (Phi) is 7.08. The number of carbonyl (C=O) groups excluding carboxylic acids is 1. The molecule has 2 aromatic rings. The molecule has 1 atom stereocenters. The van der Waals surface area contributed by atoms with Crippen LogP contribution < -0.4 is 10.2 Å². The monoisotopic (exact) mass is 400 g/mol. The second-order valence-corrected chi connectivity index (χ2v) is 7.94. The quantitative estimate of drug-likeness (QED) is 0.765.